The van der Waals surface area contributed by atoms with Crippen LogP contribution in [0.25, 0.3) is 0 Å². The van der Waals surface area contributed by atoms with E-state index >= 15 is 0 Å². The minimum absolute atomic E-state index is 0. The van der Waals surface area contributed by atoms with Gasteiger partial charge in [0.15, 0.2) is 5.82 Å². The molecule has 8 heteroatoms. The van der Waals surface area contributed by atoms with Crippen molar-refractivity contribution in [2.45, 2.75) is 52.1 Å². The largest absolute Gasteiger partial charge is 0.339 e. The van der Waals surface area contributed by atoms with Crippen molar-refractivity contribution in [2.75, 3.05) is 32.7 Å². The van der Waals surface area contributed by atoms with E-state index in [1.807, 2.05) is 11.8 Å². The van der Waals surface area contributed by atoms with E-state index in [1.165, 1.54) is 12.8 Å². The number of nitrogens with zero attached hydrogens (tertiary/aromatic N) is 4. The molecule has 3 rings (SSSR count). The van der Waals surface area contributed by atoms with Crippen LogP contribution in [0.5, 0.6) is 0 Å². The summed E-state index contributed by atoms with van der Waals surface area (Å²) in [6.07, 6.45) is 4.34. The standard InChI is InChI=1S/C17H29N5O2.ClH/c1-3-17-19-16(20-24-17)12-22(13(2)23)15-6-8-21(11-15)10-14-5-4-7-18-9-14;/h14-15,18H,3-12H2,1-2H3;1H. The first-order valence-corrected chi connectivity index (χ1v) is 9.17. The number of aromatic nitrogens is 2. The highest BCUT2D eigenvalue weighted by Crippen LogP contribution is 2.21. The van der Waals surface area contributed by atoms with Gasteiger partial charge in [-0.25, -0.2) is 0 Å². The third-order valence-electron chi connectivity index (χ3n) is 5.13. The predicted octanol–water partition coefficient (Wildman–Crippen LogP) is 1.48. The molecule has 1 amide bonds. The first kappa shape index (κ1) is 20.1. The molecule has 7 nitrogen and oxygen atoms in total. The third-order valence-corrected chi connectivity index (χ3v) is 5.13. The van der Waals surface area contributed by atoms with Gasteiger partial charge in [-0.15, -0.1) is 12.4 Å². The monoisotopic (exact) mass is 371 g/mol. The van der Waals surface area contributed by atoms with E-state index < -0.39 is 0 Å². The number of carbonyl (C=O) groups is 1. The van der Waals surface area contributed by atoms with E-state index in [4.69, 9.17) is 4.52 Å². The van der Waals surface area contributed by atoms with Crippen molar-refractivity contribution < 1.29 is 9.32 Å². The Labute approximate surface area is 155 Å². The Bertz CT molecular complexity index is 547. The molecule has 2 saturated heterocycles. The van der Waals surface area contributed by atoms with E-state index in [1.54, 1.807) is 6.92 Å². The zero-order valence-electron chi connectivity index (χ0n) is 15.2. The van der Waals surface area contributed by atoms with Crippen LogP contribution in [0.2, 0.25) is 0 Å². The molecule has 2 atom stereocenters. The lowest BCUT2D eigenvalue weighted by Crippen LogP contribution is -2.42. The number of likely N-dealkylation sites (tertiary alicyclic amines) is 1. The van der Waals surface area contributed by atoms with Crippen molar-refractivity contribution in [1.82, 2.24) is 25.3 Å². The van der Waals surface area contributed by atoms with Gasteiger partial charge in [0.05, 0.1) is 6.54 Å². The van der Waals surface area contributed by atoms with Crippen LogP contribution in [0, 0.1) is 5.92 Å². The van der Waals surface area contributed by atoms with Gasteiger partial charge in [-0.3, -0.25) is 4.79 Å². The number of carbonyl (C=O) groups excluding carboxylic acids is 1. The number of nitrogens with one attached hydrogen (secondary N) is 1. The molecule has 142 valence electrons. The summed E-state index contributed by atoms with van der Waals surface area (Å²) in [7, 11) is 0. The van der Waals surface area contributed by atoms with Gasteiger partial charge in [-0.2, -0.15) is 4.98 Å². The second-order valence-electron chi connectivity index (χ2n) is 7.02. The maximum absolute atomic E-state index is 12.1. The van der Waals surface area contributed by atoms with Gasteiger partial charge in [0.2, 0.25) is 11.8 Å². The summed E-state index contributed by atoms with van der Waals surface area (Å²) < 4.78 is 5.16. The number of halogens is 1. The van der Waals surface area contributed by atoms with Gasteiger partial charge >= 0.3 is 0 Å². The lowest BCUT2D eigenvalue weighted by atomic mass is 9.99. The van der Waals surface area contributed by atoms with Crippen LogP contribution in [0.4, 0.5) is 0 Å². The third kappa shape index (κ3) is 5.39. The number of amides is 1. The molecule has 2 aliphatic rings. The quantitative estimate of drug-likeness (QED) is 0.816. The lowest BCUT2D eigenvalue weighted by molar-refractivity contribution is -0.131. The molecule has 0 aromatic carbocycles. The lowest BCUT2D eigenvalue weighted by Gasteiger charge is -2.29. The van der Waals surface area contributed by atoms with E-state index in [0.29, 0.717) is 18.3 Å². The average molecular weight is 372 g/mol. The Balaban J connectivity index is 0.00000225. The number of piperidine rings is 1. The molecule has 2 fully saturated rings. The van der Waals surface area contributed by atoms with Crippen LogP contribution in [0.3, 0.4) is 0 Å². The zero-order valence-corrected chi connectivity index (χ0v) is 16.1. The first-order valence-electron chi connectivity index (χ1n) is 9.17. The molecular weight excluding hydrogens is 342 g/mol. The molecule has 0 aliphatic carbocycles. The molecule has 3 heterocycles. The van der Waals surface area contributed by atoms with Crippen molar-refractivity contribution in [3.8, 4) is 0 Å². The van der Waals surface area contributed by atoms with Gasteiger partial charge in [0.1, 0.15) is 0 Å². The Kier molecular flexibility index (Phi) is 7.65. The summed E-state index contributed by atoms with van der Waals surface area (Å²) in [5, 5.41) is 7.47. The fraction of sp³-hybridized carbons (Fsp3) is 0.824. The van der Waals surface area contributed by atoms with Crippen molar-refractivity contribution in [3.63, 3.8) is 0 Å². The van der Waals surface area contributed by atoms with Gasteiger partial charge < -0.3 is 19.6 Å². The van der Waals surface area contributed by atoms with Gasteiger partial charge in [-0.1, -0.05) is 12.1 Å². The highest BCUT2D eigenvalue weighted by Gasteiger charge is 2.31. The van der Waals surface area contributed by atoms with E-state index in [-0.39, 0.29) is 24.4 Å². The van der Waals surface area contributed by atoms with Crippen LogP contribution in [0.1, 0.15) is 44.8 Å². The molecule has 1 N–H and O–H groups in total. The molecule has 0 radical (unpaired) electrons. The number of hydrogen-bond donors (Lipinski definition) is 1. The number of rotatable bonds is 6. The van der Waals surface area contributed by atoms with Crippen LogP contribution in [0.15, 0.2) is 4.52 Å². The predicted molar refractivity (Wildman–Crippen MR) is 97.6 cm³/mol. The van der Waals surface area contributed by atoms with E-state index in [2.05, 4.69) is 20.4 Å². The Morgan fingerprint density at radius 2 is 2.28 bits per heavy atom. The smallest absolute Gasteiger partial charge is 0.226 e. The molecule has 0 bridgehead atoms. The van der Waals surface area contributed by atoms with Crippen LogP contribution in [-0.4, -0.2) is 64.6 Å². The fourth-order valence-corrected chi connectivity index (χ4v) is 3.83. The van der Waals surface area contributed by atoms with Crippen LogP contribution >= 0.6 is 12.4 Å². The first-order chi connectivity index (χ1) is 11.7. The second kappa shape index (κ2) is 9.50. The summed E-state index contributed by atoms with van der Waals surface area (Å²) >= 11 is 0. The van der Waals surface area contributed by atoms with Gasteiger partial charge in [0.25, 0.3) is 0 Å². The maximum Gasteiger partial charge on any atom is 0.226 e. The average Bonchev–Trinajstić information content (AvgIpc) is 3.22. The van der Waals surface area contributed by atoms with Crippen LogP contribution in [-0.2, 0) is 17.8 Å². The molecule has 0 spiro atoms. The summed E-state index contributed by atoms with van der Waals surface area (Å²) in [5.74, 6) is 2.07. The Morgan fingerprint density at radius 3 is 2.92 bits per heavy atom. The number of hydrogen-bond acceptors (Lipinski definition) is 6. The summed E-state index contributed by atoms with van der Waals surface area (Å²) in [6.45, 7) is 9.50. The molecule has 2 aliphatic heterocycles. The number of aryl methyl sites for hydroxylation is 1. The highest BCUT2D eigenvalue weighted by molar-refractivity contribution is 5.85. The normalized spacial score (nSPS) is 24.1. The van der Waals surface area contributed by atoms with E-state index in [9.17, 15) is 4.79 Å². The van der Waals surface area contributed by atoms with Gasteiger partial charge in [-0.05, 0) is 38.3 Å². The molecule has 25 heavy (non-hydrogen) atoms. The SMILES string of the molecule is CCc1nc(CN(C(C)=O)C2CCN(CC3CCCNC3)C2)no1.Cl. The van der Waals surface area contributed by atoms with Crippen molar-refractivity contribution in [3.05, 3.63) is 11.7 Å². The Morgan fingerprint density at radius 1 is 1.44 bits per heavy atom. The highest BCUT2D eigenvalue weighted by atomic mass is 35.5. The molecule has 1 aromatic heterocycles. The van der Waals surface area contributed by atoms with Crippen LogP contribution < -0.4 is 5.32 Å². The summed E-state index contributed by atoms with van der Waals surface area (Å²) in [6, 6.07) is 0.252. The minimum Gasteiger partial charge on any atom is -0.339 e. The summed E-state index contributed by atoms with van der Waals surface area (Å²) in [5.41, 5.74) is 0. The van der Waals surface area contributed by atoms with Crippen molar-refractivity contribution in [1.29, 1.82) is 0 Å². The van der Waals surface area contributed by atoms with Gasteiger partial charge in [0, 0.05) is 39.0 Å². The maximum atomic E-state index is 12.1. The van der Waals surface area contributed by atoms with E-state index in [0.717, 1.165) is 51.5 Å². The topological polar surface area (TPSA) is 74.5 Å². The van der Waals surface area contributed by atoms with Crippen molar-refractivity contribution >= 4 is 18.3 Å². The van der Waals surface area contributed by atoms with Crippen molar-refractivity contribution in [2.24, 2.45) is 5.92 Å². The molecule has 1 aromatic rings. The summed E-state index contributed by atoms with van der Waals surface area (Å²) in [4.78, 5) is 20.9. The minimum atomic E-state index is 0. The molecule has 2 unspecified atom stereocenters. The fourth-order valence-electron chi connectivity index (χ4n) is 3.83. The molecular formula is C17H30ClN5O2. The zero-order chi connectivity index (χ0) is 16.9. The second-order valence-corrected chi connectivity index (χ2v) is 7.02. The Hall–Kier alpha value is -1.18. The molecule has 0 saturated carbocycles.